The molecule has 78 valence electrons. The fourth-order valence-electron chi connectivity index (χ4n) is 0.618. The zero-order valence-electron chi connectivity index (χ0n) is 7.74. The van der Waals surface area contributed by atoms with E-state index in [0.29, 0.717) is 6.54 Å². The van der Waals surface area contributed by atoms with E-state index in [1.165, 1.54) is 0 Å². The van der Waals surface area contributed by atoms with Crippen LogP contribution >= 0.6 is 12.6 Å². The first-order chi connectivity index (χ1) is 5.99. The van der Waals surface area contributed by atoms with Crippen molar-refractivity contribution in [3.63, 3.8) is 0 Å². The van der Waals surface area contributed by atoms with Crippen LogP contribution in [0.3, 0.4) is 0 Å². The third-order valence-corrected chi connectivity index (χ3v) is 1.95. The van der Waals surface area contributed by atoms with Gasteiger partial charge in [0.05, 0.1) is 6.26 Å². The van der Waals surface area contributed by atoms with E-state index in [2.05, 4.69) is 27.7 Å². The van der Waals surface area contributed by atoms with Crippen LogP contribution in [0, 0.1) is 0 Å². The van der Waals surface area contributed by atoms with Gasteiger partial charge in [0.15, 0.2) is 0 Å². The fraction of sp³-hybridized carbons (Fsp3) is 0.833. The molecule has 0 aliphatic rings. The Morgan fingerprint density at radius 2 is 2.15 bits per heavy atom. The Bertz CT molecular complexity index is 261. The number of nitrogens with one attached hydrogen (secondary N) is 2. The zero-order valence-corrected chi connectivity index (χ0v) is 9.45. The molecule has 0 aliphatic heterocycles. The summed E-state index contributed by atoms with van der Waals surface area (Å²) in [6, 6.07) is 0. The molecule has 0 bridgehead atoms. The maximum atomic E-state index is 10.8. The molecule has 0 spiro atoms. The maximum Gasteiger partial charge on any atom is 0.253 e. The normalized spacial score (nSPS) is 12.7. The summed E-state index contributed by atoms with van der Waals surface area (Å²) in [5.41, 5.74) is 0. The van der Waals surface area contributed by atoms with Crippen LogP contribution in [0.2, 0.25) is 0 Å². The topological polar surface area (TPSA) is 70.6 Å². The molecule has 0 heterocycles. The number of thiol groups is 1. The first-order valence-corrected chi connectivity index (χ1v) is 6.30. The predicted molar refractivity (Wildman–Crippen MR) is 57.8 cm³/mol. The molecule has 0 aromatic heterocycles. The molecule has 13 heavy (non-hydrogen) atoms. The standard InChI is InChI=1S/C6H15N3O2S2/c1-7-6(8-4-3-5-12)9-13(2,10)11/h12H,3-5H2,1-2H3,(H2,7,8,9). The summed E-state index contributed by atoms with van der Waals surface area (Å²) in [5, 5.41) is 5.49. The van der Waals surface area contributed by atoms with E-state index >= 15 is 0 Å². The number of hydrogen-bond donors (Lipinski definition) is 3. The van der Waals surface area contributed by atoms with Crippen molar-refractivity contribution in [2.75, 3.05) is 25.6 Å². The van der Waals surface area contributed by atoms with E-state index < -0.39 is 10.0 Å². The molecule has 0 aromatic rings. The first-order valence-electron chi connectivity index (χ1n) is 3.82. The first kappa shape index (κ1) is 12.6. The van der Waals surface area contributed by atoms with E-state index in [0.717, 1.165) is 18.4 Å². The summed E-state index contributed by atoms with van der Waals surface area (Å²) in [7, 11) is -1.72. The van der Waals surface area contributed by atoms with Crippen molar-refractivity contribution in [2.24, 2.45) is 4.40 Å². The van der Waals surface area contributed by atoms with Gasteiger partial charge in [0.25, 0.3) is 10.0 Å². The van der Waals surface area contributed by atoms with Crippen LogP contribution in [0.4, 0.5) is 0 Å². The SMILES string of the molecule is CN/C(=N\S(C)(=O)=O)NCCCS. The Morgan fingerprint density at radius 3 is 2.54 bits per heavy atom. The van der Waals surface area contributed by atoms with Gasteiger partial charge < -0.3 is 10.6 Å². The zero-order chi connectivity index (χ0) is 10.3. The molecule has 0 saturated carbocycles. The highest BCUT2D eigenvalue weighted by atomic mass is 32.2. The number of rotatable bonds is 4. The minimum Gasteiger partial charge on any atom is -0.359 e. The molecule has 0 rings (SSSR count). The summed E-state index contributed by atoms with van der Waals surface area (Å²) in [5.74, 6) is 1.02. The van der Waals surface area contributed by atoms with Gasteiger partial charge in [0.2, 0.25) is 5.96 Å². The third-order valence-electron chi connectivity index (χ3n) is 1.12. The second kappa shape index (κ2) is 6.09. The Morgan fingerprint density at radius 1 is 1.54 bits per heavy atom. The van der Waals surface area contributed by atoms with E-state index in [1.807, 2.05) is 0 Å². The molecular weight excluding hydrogens is 210 g/mol. The van der Waals surface area contributed by atoms with Crippen molar-refractivity contribution >= 4 is 28.6 Å². The predicted octanol–water partition coefficient (Wildman–Crippen LogP) is -0.569. The van der Waals surface area contributed by atoms with Gasteiger partial charge in [0, 0.05) is 13.6 Å². The largest absolute Gasteiger partial charge is 0.359 e. The van der Waals surface area contributed by atoms with Gasteiger partial charge in [-0.3, -0.25) is 0 Å². The van der Waals surface area contributed by atoms with Crippen molar-refractivity contribution in [2.45, 2.75) is 6.42 Å². The summed E-state index contributed by atoms with van der Waals surface area (Å²) in [4.78, 5) is 0. The average Bonchev–Trinajstić information content (AvgIpc) is 2.01. The molecule has 0 saturated heterocycles. The lowest BCUT2D eigenvalue weighted by atomic mass is 10.5. The summed E-state index contributed by atoms with van der Waals surface area (Å²) >= 11 is 4.02. The fourth-order valence-corrected chi connectivity index (χ4v) is 1.26. The molecular formula is C6H15N3O2S2. The summed E-state index contributed by atoms with van der Waals surface area (Å²) in [6.45, 7) is 0.651. The van der Waals surface area contributed by atoms with Crippen LogP contribution in [0.1, 0.15) is 6.42 Å². The van der Waals surface area contributed by atoms with E-state index in [4.69, 9.17) is 0 Å². The van der Waals surface area contributed by atoms with Gasteiger partial charge >= 0.3 is 0 Å². The van der Waals surface area contributed by atoms with Crippen molar-refractivity contribution in [3.8, 4) is 0 Å². The van der Waals surface area contributed by atoms with Gasteiger partial charge in [-0.2, -0.15) is 12.6 Å². The second-order valence-electron chi connectivity index (χ2n) is 2.43. The minimum atomic E-state index is -3.33. The maximum absolute atomic E-state index is 10.8. The molecule has 0 unspecified atom stereocenters. The van der Waals surface area contributed by atoms with E-state index in [-0.39, 0.29) is 5.96 Å². The van der Waals surface area contributed by atoms with Gasteiger partial charge in [-0.05, 0) is 12.2 Å². The number of nitrogens with zero attached hydrogens (tertiary/aromatic N) is 1. The van der Waals surface area contributed by atoms with Crippen LogP contribution in [0.5, 0.6) is 0 Å². The summed E-state index contributed by atoms with van der Waals surface area (Å²) in [6.07, 6.45) is 1.90. The van der Waals surface area contributed by atoms with Crippen molar-refractivity contribution < 1.29 is 8.42 Å². The highest BCUT2D eigenvalue weighted by Gasteiger charge is 2.00. The van der Waals surface area contributed by atoms with Gasteiger partial charge in [-0.1, -0.05) is 0 Å². The molecule has 0 radical (unpaired) electrons. The van der Waals surface area contributed by atoms with Crippen LogP contribution in [-0.4, -0.2) is 40.0 Å². The van der Waals surface area contributed by atoms with Crippen LogP contribution in [-0.2, 0) is 10.0 Å². The third kappa shape index (κ3) is 7.92. The lowest BCUT2D eigenvalue weighted by Crippen LogP contribution is -2.36. The van der Waals surface area contributed by atoms with Crippen LogP contribution in [0.25, 0.3) is 0 Å². The Hall–Kier alpha value is -0.430. The van der Waals surface area contributed by atoms with Gasteiger partial charge in [-0.15, -0.1) is 4.40 Å². The average molecular weight is 225 g/mol. The number of sulfonamides is 1. The van der Waals surface area contributed by atoms with Crippen molar-refractivity contribution in [3.05, 3.63) is 0 Å². The molecule has 0 aliphatic carbocycles. The monoisotopic (exact) mass is 225 g/mol. The molecule has 0 amide bonds. The second-order valence-corrected chi connectivity index (χ2v) is 4.52. The van der Waals surface area contributed by atoms with Crippen molar-refractivity contribution in [1.29, 1.82) is 0 Å². The van der Waals surface area contributed by atoms with Crippen LogP contribution < -0.4 is 10.6 Å². The Balaban J connectivity index is 4.11. The molecule has 2 N–H and O–H groups in total. The molecule has 7 heteroatoms. The summed E-state index contributed by atoms with van der Waals surface area (Å²) < 4.78 is 24.9. The van der Waals surface area contributed by atoms with E-state index in [1.54, 1.807) is 7.05 Å². The number of hydrogen-bond acceptors (Lipinski definition) is 3. The highest BCUT2D eigenvalue weighted by molar-refractivity contribution is 7.89. The smallest absolute Gasteiger partial charge is 0.253 e. The van der Waals surface area contributed by atoms with E-state index in [9.17, 15) is 8.42 Å². The van der Waals surface area contributed by atoms with Crippen molar-refractivity contribution in [1.82, 2.24) is 10.6 Å². The lowest BCUT2D eigenvalue weighted by Gasteiger charge is -2.06. The van der Waals surface area contributed by atoms with Gasteiger partial charge in [-0.25, -0.2) is 8.42 Å². The highest BCUT2D eigenvalue weighted by Crippen LogP contribution is 1.85. The van der Waals surface area contributed by atoms with Crippen LogP contribution in [0.15, 0.2) is 4.40 Å². The van der Waals surface area contributed by atoms with Gasteiger partial charge in [0.1, 0.15) is 0 Å². The molecule has 0 fully saturated rings. The lowest BCUT2D eigenvalue weighted by molar-refractivity contribution is 0.603. The quantitative estimate of drug-likeness (QED) is 0.259. The Labute approximate surface area is 84.5 Å². The Kier molecular flexibility index (Phi) is 5.89. The molecule has 0 aromatic carbocycles. The number of guanidine groups is 1. The molecule has 0 atom stereocenters. The minimum absolute atomic E-state index is 0.268. The molecule has 5 nitrogen and oxygen atoms in total.